The minimum absolute atomic E-state index is 0.275. The lowest BCUT2D eigenvalue weighted by atomic mass is 9.93. The first-order valence-corrected chi connectivity index (χ1v) is 6.98. The average Bonchev–Trinajstić information content (AvgIpc) is 2.95. The van der Waals surface area contributed by atoms with Crippen molar-refractivity contribution in [2.45, 2.75) is 25.3 Å². The lowest BCUT2D eigenvalue weighted by Crippen LogP contribution is -2.27. The molecule has 1 atom stereocenters. The second-order valence-corrected chi connectivity index (χ2v) is 5.32. The Kier molecular flexibility index (Phi) is 2.80. The van der Waals surface area contributed by atoms with Crippen molar-refractivity contribution in [3.8, 4) is 0 Å². The zero-order valence-electron chi connectivity index (χ0n) is 11.3. The lowest BCUT2D eigenvalue weighted by molar-refractivity contribution is 0.602. The Labute approximate surface area is 120 Å². The molecule has 2 heterocycles. The Morgan fingerprint density at radius 3 is 3.19 bits per heavy atom. The van der Waals surface area contributed by atoms with Gasteiger partial charge in [-0.2, -0.15) is 5.10 Å². The molecule has 0 radical (unpaired) electrons. The predicted octanol–water partition coefficient (Wildman–Crippen LogP) is 2.46. The standard InChI is InChI=1S/C15H14FN5/c16-10-1-3-14-12(6-10)15(18-8-17-14)20-11-2-4-13-9(5-11)7-19-21-13/h1,3,6-8,11H,2,4-5H2,(H,19,21)(H,17,18,20). The highest BCUT2D eigenvalue weighted by Crippen LogP contribution is 2.25. The number of hydrogen-bond donors (Lipinski definition) is 2. The van der Waals surface area contributed by atoms with Crippen molar-refractivity contribution in [2.24, 2.45) is 0 Å². The van der Waals surface area contributed by atoms with E-state index >= 15 is 0 Å². The lowest BCUT2D eigenvalue weighted by Gasteiger charge is -2.23. The van der Waals surface area contributed by atoms with E-state index < -0.39 is 0 Å². The van der Waals surface area contributed by atoms with Crippen LogP contribution in [0.5, 0.6) is 0 Å². The maximum Gasteiger partial charge on any atom is 0.137 e. The molecule has 3 aromatic rings. The molecule has 0 spiro atoms. The number of nitrogens with one attached hydrogen (secondary N) is 2. The second kappa shape index (κ2) is 4.80. The van der Waals surface area contributed by atoms with E-state index in [1.54, 1.807) is 6.07 Å². The van der Waals surface area contributed by atoms with Gasteiger partial charge in [-0.3, -0.25) is 5.10 Å². The number of rotatable bonds is 2. The zero-order valence-corrected chi connectivity index (χ0v) is 11.3. The number of fused-ring (bicyclic) bond motifs is 2. The molecule has 1 aliphatic rings. The van der Waals surface area contributed by atoms with Crippen LogP contribution in [0, 0.1) is 5.82 Å². The molecule has 0 amide bonds. The summed E-state index contributed by atoms with van der Waals surface area (Å²) in [6, 6.07) is 4.84. The summed E-state index contributed by atoms with van der Waals surface area (Å²) >= 11 is 0. The quantitative estimate of drug-likeness (QED) is 0.758. The number of aryl methyl sites for hydroxylation is 1. The Balaban J connectivity index is 1.64. The van der Waals surface area contributed by atoms with Gasteiger partial charge < -0.3 is 5.32 Å². The minimum Gasteiger partial charge on any atom is -0.366 e. The van der Waals surface area contributed by atoms with Crippen LogP contribution in [-0.4, -0.2) is 26.2 Å². The van der Waals surface area contributed by atoms with Gasteiger partial charge in [0.15, 0.2) is 0 Å². The van der Waals surface area contributed by atoms with Crippen LogP contribution in [0.1, 0.15) is 17.7 Å². The number of H-pyrrole nitrogens is 1. The molecule has 106 valence electrons. The Morgan fingerprint density at radius 2 is 2.24 bits per heavy atom. The molecule has 0 saturated carbocycles. The molecule has 6 heteroatoms. The van der Waals surface area contributed by atoms with Gasteiger partial charge in [0, 0.05) is 17.6 Å². The van der Waals surface area contributed by atoms with Crippen LogP contribution < -0.4 is 5.32 Å². The van der Waals surface area contributed by atoms with Crippen LogP contribution in [-0.2, 0) is 12.8 Å². The highest BCUT2D eigenvalue weighted by Gasteiger charge is 2.21. The van der Waals surface area contributed by atoms with E-state index in [0.717, 1.165) is 35.9 Å². The van der Waals surface area contributed by atoms with Crippen molar-refractivity contribution >= 4 is 16.7 Å². The van der Waals surface area contributed by atoms with Crippen LogP contribution >= 0.6 is 0 Å². The largest absolute Gasteiger partial charge is 0.366 e. The van der Waals surface area contributed by atoms with Gasteiger partial charge in [0.2, 0.25) is 0 Å². The highest BCUT2D eigenvalue weighted by atomic mass is 19.1. The smallest absolute Gasteiger partial charge is 0.137 e. The van der Waals surface area contributed by atoms with Gasteiger partial charge in [0.1, 0.15) is 18.0 Å². The van der Waals surface area contributed by atoms with Crippen molar-refractivity contribution in [1.29, 1.82) is 0 Å². The second-order valence-electron chi connectivity index (χ2n) is 5.32. The van der Waals surface area contributed by atoms with Crippen molar-refractivity contribution in [2.75, 3.05) is 5.32 Å². The number of anilines is 1. The maximum absolute atomic E-state index is 13.5. The summed E-state index contributed by atoms with van der Waals surface area (Å²) in [5, 5.41) is 11.3. The van der Waals surface area contributed by atoms with E-state index in [1.807, 2.05) is 6.20 Å². The first-order valence-electron chi connectivity index (χ1n) is 6.98. The molecule has 2 N–H and O–H groups in total. The first kappa shape index (κ1) is 12.3. The molecule has 4 rings (SSSR count). The van der Waals surface area contributed by atoms with Gasteiger partial charge in [-0.05, 0) is 43.0 Å². The topological polar surface area (TPSA) is 66.5 Å². The van der Waals surface area contributed by atoms with Crippen molar-refractivity contribution in [3.63, 3.8) is 0 Å². The Hall–Kier alpha value is -2.50. The summed E-state index contributed by atoms with van der Waals surface area (Å²) in [6.07, 6.45) is 6.27. The van der Waals surface area contributed by atoms with E-state index in [4.69, 9.17) is 0 Å². The SMILES string of the molecule is Fc1ccc2ncnc(NC3CCc4n[nH]cc4C3)c2c1. The number of aromatic nitrogens is 4. The number of aromatic amines is 1. The number of halogens is 1. The fraction of sp³-hybridized carbons (Fsp3) is 0.267. The Bertz CT molecular complexity index is 798. The summed E-state index contributed by atoms with van der Waals surface area (Å²) in [6.45, 7) is 0. The van der Waals surface area contributed by atoms with Gasteiger partial charge >= 0.3 is 0 Å². The van der Waals surface area contributed by atoms with Gasteiger partial charge in [-0.25, -0.2) is 14.4 Å². The number of benzene rings is 1. The van der Waals surface area contributed by atoms with E-state index in [0.29, 0.717) is 5.82 Å². The average molecular weight is 283 g/mol. The third kappa shape index (κ3) is 2.22. The predicted molar refractivity (Wildman–Crippen MR) is 77.5 cm³/mol. The van der Waals surface area contributed by atoms with E-state index in [1.165, 1.54) is 24.0 Å². The number of hydrogen-bond acceptors (Lipinski definition) is 4. The molecular formula is C15H14FN5. The van der Waals surface area contributed by atoms with Gasteiger partial charge in [-0.15, -0.1) is 0 Å². The first-order chi connectivity index (χ1) is 10.3. The zero-order chi connectivity index (χ0) is 14.2. The van der Waals surface area contributed by atoms with E-state index in [2.05, 4.69) is 25.5 Å². The molecular weight excluding hydrogens is 269 g/mol. The van der Waals surface area contributed by atoms with Crippen molar-refractivity contribution in [1.82, 2.24) is 20.2 Å². The molecule has 1 unspecified atom stereocenters. The molecule has 0 bridgehead atoms. The summed E-state index contributed by atoms with van der Waals surface area (Å²) in [5.41, 5.74) is 3.13. The third-order valence-corrected chi connectivity index (χ3v) is 3.94. The molecule has 2 aromatic heterocycles. The van der Waals surface area contributed by atoms with Crippen LogP contribution in [0.4, 0.5) is 10.2 Å². The minimum atomic E-state index is -0.277. The molecule has 0 fully saturated rings. The summed E-state index contributed by atoms with van der Waals surface area (Å²) in [4.78, 5) is 8.44. The third-order valence-electron chi connectivity index (χ3n) is 3.94. The molecule has 1 aliphatic carbocycles. The molecule has 5 nitrogen and oxygen atoms in total. The van der Waals surface area contributed by atoms with Crippen LogP contribution in [0.15, 0.2) is 30.7 Å². The highest BCUT2D eigenvalue weighted by molar-refractivity contribution is 5.88. The van der Waals surface area contributed by atoms with Crippen LogP contribution in [0.25, 0.3) is 10.9 Å². The summed E-state index contributed by atoms with van der Waals surface area (Å²) in [5.74, 6) is 0.414. The molecule has 0 aliphatic heterocycles. The molecule has 1 aromatic carbocycles. The monoisotopic (exact) mass is 283 g/mol. The fourth-order valence-electron chi connectivity index (χ4n) is 2.88. The molecule has 21 heavy (non-hydrogen) atoms. The van der Waals surface area contributed by atoms with E-state index in [-0.39, 0.29) is 11.9 Å². The Morgan fingerprint density at radius 1 is 1.29 bits per heavy atom. The van der Waals surface area contributed by atoms with Crippen molar-refractivity contribution < 1.29 is 4.39 Å². The van der Waals surface area contributed by atoms with Gasteiger partial charge in [0.05, 0.1) is 11.2 Å². The van der Waals surface area contributed by atoms with Crippen LogP contribution in [0.2, 0.25) is 0 Å². The summed E-state index contributed by atoms with van der Waals surface area (Å²) < 4.78 is 13.5. The summed E-state index contributed by atoms with van der Waals surface area (Å²) in [7, 11) is 0. The van der Waals surface area contributed by atoms with E-state index in [9.17, 15) is 4.39 Å². The van der Waals surface area contributed by atoms with Crippen LogP contribution in [0.3, 0.4) is 0 Å². The fourth-order valence-corrected chi connectivity index (χ4v) is 2.88. The van der Waals surface area contributed by atoms with Crippen molar-refractivity contribution in [3.05, 3.63) is 47.8 Å². The molecule has 0 saturated heterocycles. The number of nitrogens with zero attached hydrogens (tertiary/aromatic N) is 3. The normalized spacial score (nSPS) is 17.7. The maximum atomic E-state index is 13.5. The van der Waals surface area contributed by atoms with Gasteiger partial charge in [-0.1, -0.05) is 0 Å². The van der Waals surface area contributed by atoms with Gasteiger partial charge in [0.25, 0.3) is 0 Å².